The van der Waals surface area contributed by atoms with Gasteiger partial charge in [0, 0.05) is 42.3 Å². The van der Waals surface area contributed by atoms with Crippen molar-refractivity contribution in [3.8, 4) is 11.6 Å². The molecule has 0 radical (unpaired) electrons. The molecule has 0 spiro atoms. The molecule has 1 unspecified atom stereocenters. The van der Waals surface area contributed by atoms with Crippen LogP contribution >= 0.6 is 11.6 Å². The maximum Gasteiger partial charge on any atom is 0.254 e. The molecule has 8 heteroatoms. The minimum atomic E-state index is -0.565. The van der Waals surface area contributed by atoms with E-state index >= 15 is 0 Å². The number of aryl methyl sites for hydroxylation is 1. The fourth-order valence-electron chi connectivity index (χ4n) is 3.66. The Labute approximate surface area is 185 Å². The highest BCUT2D eigenvalue weighted by Crippen LogP contribution is 2.28. The molecule has 1 saturated heterocycles. The van der Waals surface area contributed by atoms with Crippen molar-refractivity contribution in [1.82, 2.24) is 14.9 Å². The molecule has 1 aliphatic heterocycles. The molecule has 3 aromatic rings. The molecule has 0 aliphatic carbocycles. The molecule has 160 valence electrons. The second-order valence-electron chi connectivity index (χ2n) is 7.50. The van der Waals surface area contributed by atoms with Gasteiger partial charge < -0.3 is 14.5 Å². The van der Waals surface area contributed by atoms with Crippen LogP contribution in [-0.2, 0) is 0 Å². The third kappa shape index (κ3) is 4.61. The summed E-state index contributed by atoms with van der Waals surface area (Å²) in [5.41, 5.74) is 1.69. The minimum Gasteiger partial charge on any atom is -0.436 e. The number of aromatic nitrogens is 2. The van der Waals surface area contributed by atoms with Crippen molar-refractivity contribution in [3.05, 3.63) is 76.8 Å². The summed E-state index contributed by atoms with van der Waals surface area (Å²) in [5.74, 6) is 0.405. The van der Waals surface area contributed by atoms with E-state index in [9.17, 15) is 9.18 Å². The molecule has 2 aromatic carbocycles. The van der Waals surface area contributed by atoms with Crippen molar-refractivity contribution in [2.24, 2.45) is 0 Å². The summed E-state index contributed by atoms with van der Waals surface area (Å²) in [7, 11) is 0. The zero-order valence-corrected chi connectivity index (χ0v) is 18.0. The Morgan fingerprint density at radius 2 is 1.97 bits per heavy atom. The van der Waals surface area contributed by atoms with E-state index in [0.29, 0.717) is 30.5 Å². The largest absolute Gasteiger partial charge is 0.436 e. The zero-order chi connectivity index (χ0) is 22.0. The summed E-state index contributed by atoms with van der Waals surface area (Å²) in [4.78, 5) is 25.4. The minimum absolute atomic E-state index is 0.00565. The number of carbonyl (C=O) groups is 1. The van der Waals surface area contributed by atoms with E-state index in [4.69, 9.17) is 16.3 Å². The molecule has 0 saturated carbocycles. The van der Waals surface area contributed by atoms with Gasteiger partial charge in [-0.05, 0) is 43.7 Å². The molecular formula is C23H22ClFN4O2. The van der Waals surface area contributed by atoms with E-state index in [1.165, 1.54) is 18.5 Å². The van der Waals surface area contributed by atoms with Crippen molar-refractivity contribution in [2.75, 3.05) is 24.5 Å². The Bertz CT molecular complexity index is 1110. The van der Waals surface area contributed by atoms with Crippen molar-refractivity contribution in [2.45, 2.75) is 19.9 Å². The lowest BCUT2D eigenvalue weighted by molar-refractivity contribution is 0.0673. The van der Waals surface area contributed by atoms with Gasteiger partial charge in [-0.15, -0.1) is 0 Å². The van der Waals surface area contributed by atoms with Gasteiger partial charge >= 0.3 is 0 Å². The highest BCUT2D eigenvalue weighted by molar-refractivity contribution is 6.30. The van der Waals surface area contributed by atoms with Gasteiger partial charge in [-0.1, -0.05) is 29.8 Å². The van der Waals surface area contributed by atoms with Crippen LogP contribution in [0.25, 0.3) is 0 Å². The number of anilines is 1. The van der Waals surface area contributed by atoms with Gasteiger partial charge in [0.2, 0.25) is 5.88 Å². The number of carbonyl (C=O) groups excluding carboxylic acids is 1. The highest BCUT2D eigenvalue weighted by Gasteiger charge is 2.29. The molecule has 0 N–H and O–H groups in total. The van der Waals surface area contributed by atoms with Crippen LogP contribution in [0.4, 0.5) is 10.2 Å². The molecule has 1 aromatic heterocycles. The van der Waals surface area contributed by atoms with Crippen molar-refractivity contribution >= 4 is 23.3 Å². The maximum atomic E-state index is 14.0. The van der Waals surface area contributed by atoms with E-state index < -0.39 is 5.82 Å². The van der Waals surface area contributed by atoms with Gasteiger partial charge in [0.05, 0.1) is 0 Å². The lowest BCUT2D eigenvalue weighted by Gasteiger charge is -2.40. The van der Waals surface area contributed by atoms with Crippen LogP contribution in [0.15, 0.2) is 54.9 Å². The van der Waals surface area contributed by atoms with Crippen LogP contribution in [0.3, 0.4) is 0 Å². The predicted octanol–water partition coefficient (Wildman–Crippen LogP) is 4.72. The molecule has 1 amide bonds. The second-order valence-corrected chi connectivity index (χ2v) is 7.94. The molecule has 4 rings (SSSR count). The van der Waals surface area contributed by atoms with Crippen LogP contribution in [0.5, 0.6) is 11.6 Å². The first-order chi connectivity index (χ1) is 14.9. The fourth-order valence-corrected chi connectivity index (χ4v) is 3.82. The Kier molecular flexibility index (Phi) is 6.04. The predicted molar refractivity (Wildman–Crippen MR) is 117 cm³/mol. The lowest BCUT2D eigenvalue weighted by Crippen LogP contribution is -2.54. The van der Waals surface area contributed by atoms with Gasteiger partial charge in [0.25, 0.3) is 5.91 Å². The van der Waals surface area contributed by atoms with Gasteiger partial charge in [-0.25, -0.2) is 14.4 Å². The summed E-state index contributed by atoms with van der Waals surface area (Å²) in [6.07, 6.45) is 1.38. The van der Waals surface area contributed by atoms with Crippen LogP contribution < -0.4 is 9.64 Å². The van der Waals surface area contributed by atoms with E-state index in [2.05, 4.69) is 14.9 Å². The number of piperazine rings is 1. The number of ether oxygens (including phenoxy) is 1. The van der Waals surface area contributed by atoms with Crippen molar-refractivity contribution < 1.29 is 13.9 Å². The molecule has 1 atom stereocenters. The normalized spacial score (nSPS) is 16.3. The third-order valence-corrected chi connectivity index (χ3v) is 5.56. The Morgan fingerprint density at radius 1 is 1.16 bits per heavy atom. The molecular weight excluding hydrogens is 419 g/mol. The lowest BCUT2D eigenvalue weighted by atomic mass is 10.1. The van der Waals surface area contributed by atoms with Crippen LogP contribution in [0.2, 0.25) is 5.02 Å². The Morgan fingerprint density at radius 3 is 2.71 bits per heavy atom. The Balaban J connectivity index is 1.46. The summed E-state index contributed by atoms with van der Waals surface area (Å²) >= 11 is 5.79. The van der Waals surface area contributed by atoms with Crippen LogP contribution in [0.1, 0.15) is 22.8 Å². The average molecular weight is 441 g/mol. The van der Waals surface area contributed by atoms with Gasteiger partial charge in [0.15, 0.2) is 11.6 Å². The molecule has 31 heavy (non-hydrogen) atoms. The fraction of sp³-hybridized carbons (Fsp3) is 0.261. The molecule has 1 aliphatic rings. The number of hydrogen-bond acceptors (Lipinski definition) is 5. The number of amides is 1. The first-order valence-electron chi connectivity index (χ1n) is 9.99. The monoisotopic (exact) mass is 440 g/mol. The number of benzene rings is 2. The molecule has 1 fully saturated rings. The first-order valence-corrected chi connectivity index (χ1v) is 10.4. The van der Waals surface area contributed by atoms with E-state index in [-0.39, 0.29) is 23.6 Å². The maximum absolute atomic E-state index is 14.0. The highest BCUT2D eigenvalue weighted by atomic mass is 35.5. The quantitative estimate of drug-likeness (QED) is 0.587. The number of nitrogens with zero attached hydrogens (tertiary/aromatic N) is 4. The van der Waals surface area contributed by atoms with Gasteiger partial charge in [-0.2, -0.15) is 0 Å². The second kappa shape index (κ2) is 8.89. The Hall–Kier alpha value is -3.19. The third-order valence-electron chi connectivity index (χ3n) is 5.32. The summed E-state index contributed by atoms with van der Waals surface area (Å²) in [6, 6.07) is 13.5. The summed E-state index contributed by atoms with van der Waals surface area (Å²) in [6.45, 7) is 5.77. The molecule has 6 nitrogen and oxygen atoms in total. The van der Waals surface area contributed by atoms with Gasteiger partial charge in [-0.3, -0.25) is 4.79 Å². The number of hydrogen-bond donors (Lipinski definition) is 0. The van der Waals surface area contributed by atoms with Crippen molar-refractivity contribution in [3.63, 3.8) is 0 Å². The topological polar surface area (TPSA) is 58.6 Å². The number of rotatable bonds is 4. The average Bonchev–Trinajstić information content (AvgIpc) is 2.76. The van der Waals surface area contributed by atoms with Crippen molar-refractivity contribution in [1.29, 1.82) is 0 Å². The summed E-state index contributed by atoms with van der Waals surface area (Å²) < 4.78 is 19.6. The zero-order valence-electron chi connectivity index (χ0n) is 17.3. The van der Waals surface area contributed by atoms with Crippen LogP contribution in [0, 0.1) is 12.7 Å². The van der Waals surface area contributed by atoms with E-state index in [1.807, 2.05) is 43.0 Å². The van der Waals surface area contributed by atoms with E-state index in [0.717, 1.165) is 11.1 Å². The van der Waals surface area contributed by atoms with Gasteiger partial charge in [0.1, 0.15) is 12.1 Å². The standard InChI is InChI=1S/C23H22ClFN4O2/c1-15-5-3-4-6-18(15)23(30)29-10-9-28(13-16(29)2)21-12-22(27-14-26-21)31-20-8-7-17(24)11-19(20)25/h3-8,11-12,14,16H,9-10,13H2,1-2H3. The SMILES string of the molecule is Cc1ccccc1C(=O)N1CCN(c2cc(Oc3ccc(Cl)cc3F)ncn2)CC1C. The smallest absolute Gasteiger partial charge is 0.254 e. The van der Waals surface area contributed by atoms with Crippen LogP contribution in [-0.4, -0.2) is 46.5 Å². The van der Waals surface area contributed by atoms with E-state index in [1.54, 1.807) is 12.1 Å². The number of halogens is 2. The molecule has 0 bridgehead atoms. The molecule has 2 heterocycles. The first kappa shape index (κ1) is 21.1. The summed E-state index contributed by atoms with van der Waals surface area (Å²) in [5, 5.41) is 0.292.